The number of aliphatic carboxylic acids is 1. The van der Waals surface area contributed by atoms with Crippen molar-refractivity contribution in [2.45, 2.75) is 13.8 Å². The zero-order chi connectivity index (χ0) is 16.0. The fourth-order valence-electron chi connectivity index (χ4n) is 1.69. The molecule has 1 aromatic rings. The number of carboxylic acids is 1. The van der Waals surface area contributed by atoms with Gasteiger partial charge in [0.1, 0.15) is 5.75 Å². The van der Waals surface area contributed by atoms with E-state index in [-0.39, 0.29) is 6.54 Å². The number of hydrogen-bond acceptors (Lipinski definition) is 3. The van der Waals surface area contributed by atoms with Crippen molar-refractivity contribution < 1.29 is 19.4 Å². The first-order valence-electron chi connectivity index (χ1n) is 6.51. The van der Waals surface area contributed by atoms with Gasteiger partial charge in [0.15, 0.2) is 0 Å². The molecule has 0 aliphatic carbocycles. The SMILES string of the molecule is CCN(CC(C)C(=O)O)C(=O)Nc1cc(OC)ccc1Cl. The number of carboxylic acid groups (broad SMARTS) is 1. The van der Waals surface area contributed by atoms with E-state index in [1.807, 2.05) is 0 Å². The van der Waals surface area contributed by atoms with Crippen LogP contribution in [0.3, 0.4) is 0 Å². The van der Waals surface area contributed by atoms with Crippen LogP contribution >= 0.6 is 11.6 Å². The second-order valence-corrected chi connectivity index (χ2v) is 4.96. The van der Waals surface area contributed by atoms with Crippen LogP contribution < -0.4 is 10.1 Å². The monoisotopic (exact) mass is 314 g/mol. The largest absolute Gasteiger partial charge is 0.497 e. The van der Waals surface area contributed by atoms with Crippen molar-refractivity contribution in [3.8, 4) is 5.75 Å². The van der Waals surface area contributed by atoms with Gasteiger partial charge in [0.25, 0.3) is 0 Å². The molecule has 2 amide bonds. The summed E-state index contributed by atoms with van der Waals surface area (Å²) in [4.78, 5) is 24.5. The molecule has 6 nitrogen and oxygen atoms in total. The summed E-state index contributed by atoms with van der Waals surface area (Å²) in [5, 5.41) is 12.0. The van der Waals surface area contributed by atoms with E-state index in [1.54, 1.807) is 32.0 Å². The molecule has 0 aliphatic heterocycles. The van der Waals surface area contributed by atoms with Crippen LogP contribution in [0.2, 0.25) is 5.02 Å². The van der Waals surface area contributed by atoms with Crippen LogP contribution in [-0.4, -0.2) is 42.2 Å². The Morgan fingerprint density at radius 3 is 2.67 bits per heavy atom. The van der Waals surface area contributed by atoms with Gasteiger partial charge in [-0.05, 0) is 19.1 Å². The highest BCUT2D eigenvalue weighted by atomic mass is 35.5. The van der Waals surface area contributed by atoms with Gasteiger partial charge < -0.3 is 20.1 Å². The van der Waals surface area contributed by atoms with Crippen LogP contribution in [-0.2, 0) is 4.79 Å². The minimum Gasteiger partial charge on any atom is -0.497 e. The molecule has 0 radical (unpaired) electrons. The molecule has 0 fully saturated rings. The molecule has 0 aromatic heterocycles. The number of urea groups is 1. The molecule has 0 aliphatic rings. The Morgan fingerprint density at radius 1 is 1.48 bits per heavy atom. The second kappa shape index (κ2) is 7.73. The van der Waals surface area contributed by atoms with Crippen LogP contribution in [0.5, 0.6) is 5.75 Å². The number of carbonyl (C=O) groups excluding carboxylic acids is 1. The maximum absolute atomic E-state index is 12.2. The molecule has 0 saturated heterocycles. The van der Waals surface area contributed by atoms with Crippen molar-refractivity contribution in [1.82, 2.24) is 4.90 Å². The normalized spacial score (nSPS) is 11.6. The highest BCUT2D eigenvalue weighted by Gasteiger charge is 2.20. The maximum atomic E-state index is 12.2. The van der Waals surface area contributed by atoms with E-state index in [2.05, 4.69) is 5.32 Å². The van der Waals surface area contributed by atoms with E-state index in [4.69, 9.17) is 21.4 Å². The lowest BCUT2D eigenvalue weighted by Crippen LogP contribution is -2.39. The molecule has 0 heterocycles. The fourth-order valence-corrected chi connectivity index (χ4v) is 1.85. The lowest BCUT2D eigenvalue weighted by Gasteiger charge is -2.23. The molecular formula is C14H19ClN2O4. The minimum absolute atomic E-state index is 0.124. The van der Waals surface area contributed by atoms with Gasteiger partial charge in [-0.1, -0.05) is 18.5 Å². The summed E-state index contributed by atoms with van der Waals surface area (Å²) in [6.45, 7) is 3.85. The minimum atomic E-state index is -0.944. The van der Waals surface area contributed by atoms with Crippen molar-refractivity contribution in [2.24, 2.45) is 5.92 Å². The summed E-state index contributed by atoms with van der Waals surface area (Å²) in [7, 11) is 1.52. The fraction of sp³-hybridized carbons (Fsp3) is 0.429. The number of carbonyl (C=O) groups is 2. The third-order valence-electron chi connectivity index (χ3n) is 3.00. The smallest absolute Gasteiger partial charge is 0.321 e. The van der Waals surface area contributed by atoms with Gasteiger partial charge in [-0.2, -0.15) is 0 Å². The van der Waals surface area contributed by atoms with Crippen LogP contribution in [0.25, 0.3) is 0 Å². The summed E-state index contributed by atoms with van der Waals surface area (Å²) in [6, 6.07) is 4.50. The van der Waals surface area contributed by atoms with Gasteiger partial charge in [-0.25, -0.2) is 4.79 Å². The molecule has 0 bridgehead atoms. The molecule has 0 saturated carbocycles. The third-order valence-corrected chi connectivity index (χ3v) is 3.33. The van der Waals surface area contributed by atoms with Crippen LogP contribution in [0.4, 0.5) is 10.5 Å². The topological polar surface area (TPSA) is 78.9 Å². The van der Waals surface area contributed by atoms with E-state index in [0.717, 1.165) is 0 Å². The predicted molar refractivity (Wildman–Crippen MR) is 81.1 cm³/mol. The van der Waals surface area contributed by atoms with Gasteiger partial charge in [-0.15, -0.1) is 0 Å². The molecule has 1 atom stereocenters. The lowest BCUT2D eigenvalue weighted by molar-refractivity contribution is -0.141. The summed E-state index contributed by atoms with van der Waals surface area (Å²) in [5.74, 6) is -1.02. The zero-order valence-electron chi connectivity index (χ0n) is 12.2. The Bertz CT molecular complexity index is 522. The number of benzene rings is 1. The molecule has 1 rings (SSSR count). The number of amides is 2. The zero-order valence-corrected chi connectivity index (χ0v) is 13.0. The third kappa shape index (κ3) is 4.82. The Kier molecular flexibility index (Phi) is 6.30. The number of nitrogens with zero attached hydrogens (tertiary/aromatic N) is 1. The number of halogens is 1. The summed E-state index contributed by atoms with van der Waals surface area (Å²) in [6.07, 6.45) is 0. The number of hydrogen-bond donors (Lipinski definition) is 2. The van der Waals surface area contributed by atoms with E-state index in [0.29, 0.717) is 23.0 Å². The maximum Gasteiger partial charge on any atom is 0.321 e. The molecule has 2 N–H and O–H groups in total. The van der Waals surface area contributed by atoms with Gasteiger partial charge >= 0.3 is 12.0 Å². The Labute approximate surface area is 128 Å². The highest BCUT2D eigenvalue weighted by molar-refractivity contribution is 6.33. The lowest BCUT2D eigenvalue weighted by atomic mass is 10.2. The Morgan fingerprint density at radius 2 is 2.14 bits per heavy atom. The quantitative estimate of drug-likeness (QED) is 0.846. The van der Waals surface area contributed by atoms with Gasteiger partial charge in [-0.3, -0.25) is 4.79 Å². The summed E-state index contributed by atoms with van der Waals surface area (Å²) >= 11 is 6.02. The van der Waals surface area contributed by atoms with Crippen molar-refractivity contribution in [2.75, 3.05) is 25.5 Å². The van der Waals surface area contributed by atoms with Crippen LogP contribution in [0.1, 0.15) is 13.8 Å². The van der Waals surface area contributed by atoms with Crippen molar-refractivity contribution in [3.05, 3.63) is 23.2 Å². The van der Waals surface area contributed by atoms with Gasteiger partial charge in [0.2, 0.25) is 0 Å². The second-order valence-electron chi connectivity index (χ2n) is 4.55. The summed E-state index contributed by atoms with van der Waals surface area (Å²) in [5.41, 5.74) is 0.419. The Hall–Kier alpha value is -1.95. The number of nitrogens with one attached hydrogen (secondary N) is 1. The van der Waals surface area contributed by atoms with Gasteiger partial charge in [0, 0.05) is 19.2 Å². The summed E-state index contributed by atoms with van der Waals surface area (Å²) < 4.78 is 5.07. The van der Waals surface area contributed by atoms with Crippen molar-refractivity contribution in [3.63, 3.8) is 0 Å². The number of anilines is 1. The average molecular weight is 315 g/mol. The molecule has 21 heavy (non-hydrogen) atoms. The average Bonchev–Trinajstić information content (AvgIpc) is 2.46. The predicted octanol–water partition coefficient (Wildman–Crippen LogP) is 2.92. The van der Waals surface area contributed by atoms with Crippen molar-refractivity contribution >= 4 is 29.3 Å². The first-order valence-corrected chi connectivity index (χ1v) is 6.89. The molecule has 1 aromatic carbocycles. The first-order chi connectivity index (χ1) is 9.88. The molecule has 1 unspecified atom stereocenters. The first kappa shape index (κ1) is 17.1. The van der Waals surface area contributed by atoms with E-state index >= 15 is 0 Å². The number of ether oxygens (including phenoxy) is 1. The van der Waals surface area contributed by atoms with Crippen LogP contribution in [0, 0.1) is 5.92 Å². The van der Waals surface area contributed by atoms with Crippen LogP contribution in [0.15, 0.2) is 18.2 Å². The number of methoxy groups -OCH3 is 1. The van der Waals surface area contributed by atoms with Gasteiger partial charge in [0.05, 0.1) is 23.7 Å². The standard InChI is InChI=1S/C14H19ClN2O4/c1-4-17(8-9(2)13(18)19)14(20)16-12-7-10(21-3)5-6-11(12)15/h5-7,9H,4,8H2,1-3H3,(H,16,20)(H,18,19). The van der Waals surface area contributed by atoms with E-state index in [1.165, 1.54) is 12.0 Å². The van der Waals surface area contributed by atoms with E-state index in [9.17, 15) is 9.59 Å². The molecule has 0 spiro atoms. The highest BCUT2D eigenvalue weighted by Crippen LogP contribution is 2.26. The molecule has 7 heteroatoms. The number of rotatable bonds is 6. The molecular weight excluding hydrogens is 296 g/mol. The van der Waals surface area contributed by atoms with Crippen molar-refractivity contribution in [1.29, 1.82) is 0 Å². The molecule has 116 valence electrons. The van der Waals surface area contributed by atoms with E-state index < -0.39 is 17.9 Å². The Balaban J connectivity index is 2.80.